The van der Waals surface area contributed by atoms with E-state index in [4.69, 9.17) is 9.47 Å². The number of benzene rings is 2. The van der Waals surface area contributed by atoms with Crippen LogP contribution in [0.4, 0.5) is 0 Å². The summed E-state index contributed by atoms with van der Waals surface area (Å²) in [6, 6.07) is 12.8. The number of nitrogens with one attached hydrogen (secondary N) is 1. The van der Waals surface area contributed by atoms with Crippen LogP contribution in [0.2, 0.25) is 0 Å². The zero-order valence-electron chi connectivity index (χ0n) is 16.9. The number of nitrogens with zero attached hydrogens (tertiary/aromatic N) is 2. The van der Waals surface area contributed by atoms with Crippen molar-refractivity contribution in [2.24, 2.45) is 7.05 Å². The number of hydrogen-bond acceptors (Lipinski definition) is 5. The minimum Gasteiger partial charge on any atom is -0.490 e. The Morgan fingerprint density at radius 1 is 1.03 bits per heavy atom. The van der Waals surface area contributed by atoms with Gasteiger partial charge >= 0.3 is 0 Å². The first-order valence-electron chi connectivity index (χ1n) is 9.67. The second kappa shape index (κ2) is 9.23. The zero-order chi connectivity index (χ0) is 20.8. The number of carbonyl (C=O) groups is 1. The van der Waals surface area contributed by atoms with Gasteiger partial charge < -0.3 is 14.8 Å². The maximum absolute atomic E-state index is 12.7. The Balaban J connectivity index is 1.72. The van der Waals surface area contributed by atoms with Crippen LogP contribution in [0.1, 0.15) is 29.9 Å². The van der Waals surface area contributed by atoms with Crippen LogP contribution in [0.25, 0.3) is 10.8 Å². The topological polar surface area (TPSA) is 82.5 Å². The number of carbonyl (C=O) groups excluding carboxylic acids is 1. The van der Waals surface area contributed by atoms with Gasteiger partial charge in [0.15, 0.2) is 17.2 Å². The summed E-state index contributed by atoms with van der Waals surface area (Å²) in [7, 11) is 1.54. The number of aryl methyl sites for hydroxylation is 1. The fraction of sp³-hybridized carbons (Fsp3) is 0.318. The van der Waals surface area contributed by atoms with Crippen LogP contribution in [0.5, 0.6) is 11.5 Å². The van der Waals surface area contributed by atoms with Gasteiger partial charge in [-0.15, -0.1) is 0 Å². The van der Waals surface area contributed by atoms with Gasteiger partial charge in [0.05, 0.1) is 18.6 Å². The lowest BCUT2D eigenvalue weighted by atomic mass is 10.1. The molecule has 0 atom stereocenters. The highest BCUT2D eigenvalue weighted by molar-refractivity contribution is 6.04. The van der Waals surface area contributed by atoms with Crippen molar-refractivity contribution in [3.8, 4) is 11.5 Å². The highest BCUT2D eigenvalue weighted by atomic mass is 16.5. The second-order valence-corrected chi connectivity index (χ2v) is 6.48. The summed E-state index contributed by atoms with van der Waals surface area (Å²) in [5.41, 5.74) is 1.04. The molecule has 0 radical (unpaired) electrons. The van der Waals surface area contributed by atoms with Gasteiger partial charge in [0, 0.05) is 19.0 Å². The minimum absolute atomic E-state index is 0.227. The second-order valence-electron chi connectivity index (χ2n) is 6.48. The van der Waals surface area contributed by atoms with E-state index in [9.17, 15) is 9.59 Å². The molecule has 0 saturated carbocycles. The van der Waals surface area contributed by atoms with Gasteiger partial charge in [-0.1, -0.05) is 24.3 Å². The molecule has 0 bridgehead atoms. The average Bonchev–Trinajstić information content (AvgIpc) is 2.73. The first kappa shape index (κ1) is 20.4. The van der Waals surface area contributed by atoms with Gasteiger partial charge in [0.1, 0.15) is 0 Å². The molecular formula is C22H25N3O4. The van der Waals surface area contributed by atoms with Crippen LogP contribution in [-0.2, 0) is 13.5 Å². The Bertz CT molecular complexity index is 1080. The molecule has 1 amide bonds. The Hall–Kier alpha value is -3.35. The van der Waals surface area contributed by atoms with Crippen LogP contribution in [0.3, 0.4) is 0 Å². The van der Waals surface area contributed by atoms with Gasteiger partial charge in [-0.3, -0.25) is 9.59 Å². The molecule has 7 heteroatoms. The van der Waals surface area contributed by atoms with Crippen molar-refractivity contribution >= 4 is 16.7 Å². The Morgan fingerprint density at radius 2 is 1.72 bits per heavy atom. The van der Waals surface area contributed by atoms with Gasteiger partial charge in [-0.2, -0.15) is 5.10 Å². The molecule has 0 aliphatic rings. The summed E-state index contributed by atoms with van der Waals surface area (Å²) < 4.78 is 12.4. The molecular weight excluding hydrogens is 370 g/mol. The predicted octanol–water partition coefficient (Wildman–Crippen LogP) is 2.70. The molecule has 3 rings (SSSR count). The maximum Gasteiger partial charge on any atom is 0.274 e. The van der Waals surface area contributed by atoms with E-state index in [-0.39, 0.29) is 17.2 Å². The molecule has 29 heavy (non-hydrogen) atoms. The van der Waals surface area contributed by atoms with Crippen molar-refractivity contribution in [2.75, 3.05) is 19.8 Å². The molecule has 7 nitrogen and oxygen atoms in total. The molecule has 3 aromatic rings. The number of rotatable bonds is 8. The maximum atomic E-state index is 12.7. The third-order valence-corrected chi connectivity index (χ3v) is 4.48. The predicted molar refractivity (Wildman–Crippen MR) is 112 cm³/mol. The van der Waals surface area contributed by atoms with E-state index >= 15 is 0 Å². The molecule has 1 heterocycles. The van der Waals surface area contributed by atoms with Crippen LogP contribution in [-0.4, -0.2) is 35.4 Å². The van der Waals surface area contributed by atoms with E-state index in [1.807, 2.05) is 32.0 Å². The molecule has 0 saturated heterocycles. The summed E-state index contributed by atoms with van der Waals surface area (Å²) >= 11 is 0. The van der Waals surface area contributed by atoms with E-state index in [0.717, 1.165) is 5.56 Å². The lowest BCUT2D eigenvalue weighted by molar-refractivity contribution is 0.0949. The fourth-order valence-corrected chi connectivity index (χ4v) is 3.12. The average molecular weight is 395 g/mol. The van der Waals surface area contributed by atoms with E-state index < -0.39 is 0 Å². The Labute approximate surface area is 169 Å². The summed E-state index contributed by atoms with van der Waals surface area (Å²) in [5, 5.41) is 8.07. The van der Waals surface area contributed by atoms with E-state index in [1.165, 1.54) is 4.68 Å². The van der Waals surface area contributed by atoms with Crippen molar-refractivity contribution in [1.29, 1.82) is 0 Å². The molecule has 2 aromatic carbocycles. The standard InChI is InChI=1S/C22H25N3O4/c1-4-28-18-11-10-15(14-19(18)29-5-2)12-13-23-21(26)20-16-8-6-7-9-17(16)22(27)25(3)24-20/h6-11,14H,4-5,12-13H2,1-3H3,(H,23,26). The van der Waals surface area contributed by atoms with Crippen LogP contribution < -0.4 is 20.3 Å². The van der Waals surface area contributed by atoms with Crippen LogP contribution >= 0.6 is 0 Å². The third-order valence-electron chi connectivity index (χ3n) is 4.48. The number of aromatic nitrogens is 2. The molecule has 152 valence electrons. The molecule has 0 unspecified atom stereocenters. The van der Waals surface area contributed by atoms with Gasteiger partial charge in [-0.25, -0.2) is 4.68 Å². The molecule has 0 aliphatic heterocycles. The van der Waals surface area contributed by atoms with Crippen LogP contribution in [0, 0.1) is 0 Å². The van der Waals surface area contributed by atoms with Crippen molar-refractivity contribution in [3.63, 3.8) is 0 Å². The number of ether oxygens (including phenoxy) is 2. The Kier molecular flexibility index (Phi) is 6.49. The smallest absolute Gasteiger partial charge is 0.274 e. The quantitative estimate of drug-likeness (QED) is 0.634. The zero-order valence-corrected chi connectivity index (χ0v) is 16.9. The van der Waals surface area contributed by atoms with E-state index in [2.05, 4.69) is 10.4 Å². The summed E-state index contributed by atoms with van der Waals surface area (Å²) in [6.07, 6.45) is 0.627. The first-order valence-corrected chi connectivity index (χ1v) is 9.67. The number of amides is 1. The minimum atomic E-state index is -0.312. The van der Waals surface area contributed by atoms with E-state index in [0.29, 0.717) is 48.5 Å². The van der Waals surface area contributed by atoms with Crippen molar-refractivity contribution in [2.45, 2.75) is 20.3 Å². The lowest BCUT2D eigenvalue weighted by Gasteiger charge is -2.13. The third kappa shape index (κ3) is 4.56. The van der Waals surface area contributed by atoms with Gasteiger partial charge in [0.2, 0.25) is 0 Å². The number of hydrogen-bond donors (Lipinski definition) is 1. The molecule has 1 aromatic heterocycles. The van der Waals surface area contributed by atoms with Crippen molar-refractivity contribution in [3.05, 3.63) is 64.1 Å². The lowest BCUT2D eigenvalue weighted by Crippen LogP contribution is -2.30. The summed E-state index contributed by atoms with van der Waals surface area (Å²) in [5.74, 6) is 1.10. The first-order chi connectivity index (χ1) is 14.0. The SMILES string of the molecule is CCOc1ccc(CCNC(=O)c2nn(C)c(=O)c3ccccc23)cc1OCC. The Morgan fingerprint density at radius 3 is 2.45 bits per heavy atom. The monoisotopic (exact) mass is 395 g/mol. The van der Waals surface area contributed by atoms with Gasteiger partial charge in [0.25, 0.3) is 11.5 Å². The summed E-state index contributed by atoms with van der Waals surface area (Å²) in [6.45, 7) is 5.39. The summed E-state index contributed by atoms with van der Waals surface area (Å²) in [4.78, 5) is 24.9. The largest absolute Gasteiger partial charge is 0.490 e. The van der Waals surface area contributed by atoms with Crippen molar-refractivity contribution in [1.82, 2.24) is 15.1 Å². The molecule has 0 aliphatic carbocycles. The van der Waals surface area contributed by atoms with E-state index in [1.54, 1.807) is 31.3 Å². The highest BCUT2D eigenvalue weighted by Crippen LogP contribution is 2.28. The van der Waals surface area contributed by atoms with Crippen molar-refractivity contribution < 1.29 is 14.3 Å². The van der Waals surface area contributed by atoms with Gasteiger partial charge in [-0.05, 0) is 44.0 Å². The number of fused-ring (bicyclic) bond motifs is 1. The fourth-order valence-electron chi connectivity index (χ4n) is 3.12. The highest BCUT2D eigenvalue weighted by Gasteiger charge is 2.15. The molecule has 0 fully saturated rings. The van der Waals surface area contributed by atoms with Crippen LogP contribution in [0.15, 0.2) is 47.3 Å². The molecule has 0 spiro atoms. The normalized spacial score (nSPS) is 10.7. The molecule has 1 N–H and O–H groups in total.